The molecule has 6 nitrogen and oxygen atoms in total. The number of aryl methyl sites for hydroxylation is 1. The zero-order valence-corrected chi connectivity index (χ0v) is 15.8. The molecule has 1 aromatic heterocycles. The third kappa shape index (κ3) is 2.32. The number of rotatable bonds is 0. The number of anilines is 2. The molecule has 0 saturated carbocycles. The monoisotopic (exact) mass is 445 g/mol. The number of likely N-dealkylation sites (N-methyl/N-ethyl adjacent to an activating group) is 1. The van der Waals surface area contributed by atoms with E-state index >= 15 is 0 Å². The molecule has 3 heterocycles. The van der Waals surface area contributed by atoms with Crippen LogP contribution in [-0.2, 0) is 0 Å². The van der Waals surface area contributed by atoms with Crippen molar-refractivity contribution in [1.82, 2.24) is 12.7 Å². The molecule has 1 N–H and O–H groups in total. The maximum atomic E-state index is 12.3. The predicted octanol–water partition coefficient (Wildman–Crippen LogP) is 2.10. The summed E-state index contributed by atoms with van der Waals surface area (Å²) in [6.07, 6.45) is 0. The van der Waals surface area contributed by atoms with Crippen LogP contribution in [0.2, 0.25) is 5.02 Å². The van der Waals surface area contributed by atoms with Crippen LogP contribution in [0.3, 0.4) is 0 Å². The fourth-order valence-corrected chi connectivity index (χ4v) is 4.21. The second kappa shape index (κ2) is 5.49. The molecule has 0 amide bonds. The first-order valence-electron chi connectivity index (χ1n) is 7.58. The molecule has 2 aliphatic rings. The number of aromatic nitrogens is 2. The molecule has 1 fully saturated rings. The van der Waals surface area contributed by atoms with E-state index in [1.165, 1.54) is 0 Å². The van der Waals surface area contributed by atoms with Gasteiger partial charge in [0.1, 0.15) is 5.82 Å². The summed E-state index contributed by atoms with van der Waals surface area (Å²) in [6, 6.07) is 2.25. The highest BCUT2D eigenvalue weighted by atomic mass is 127. The Bertz CT molecular complexity index is 867. The van der Waals surface area contributed by atoms with Crippen LogP contribution in [0, 0.1) is 6.92 Å². The Morgan fingerprint density at radius 2 is 2.22 bits per heavy atom. The molecule has 1 atom stereocenters. The second-order valence-corrected chi connectivity index (χ2v) is 7.61. The topological polar surface area (TPSA) is 53.4 Å². The molecular formula is C15H17ClIN5O. The minimum absolute atomic E-state index is 0.236. The molecule has 0 aliphatic carbocycles. The van der Waals surface area contributed by atoms with Crippen LogP contribution >= 0.6 is 34.5 Å². The Hall–Kier alpha value is -1.06. The van der Waals surface area contributed by atoms with Gasteiger partial charge in [0, 0.05) is 26.2 Å². The second-order valence-electron chi connectivity index (χ2n) is 6.27. The quantitative estimate of drug-likeness (QED) is 0.630. The van der Waals surface area contributed by atoms with Crippen molar-refractivity contribution >= 4 is 56.9 Å². The summed E-state index contributed by atoms with van der Waals surface area (Å²) >= 11 is 8.57. The molecule has 1 aromatic carbocycles. The van der Waals surface area contributed by atoms with Crippen LogP contribution in [0.25, 0.3) is 10.9 Å². The van der Waals surface area contributed by atoms with Gasteiger partial charge in [-0.15, -0.1) is 0 Å². The van der Waals surface area contributed by atoms with E-state index in [1.807, 2.05) is 35.9 Å². The maximum Gasteiger partial charge on any atom is 0.359 e. The normalized spacial score (nSPS) is 21.0. The number of hydrogen-bond donors (Lipinski definition) is 1. The van der Waals surface area contributed by atoms with Crippen LogP contribution in [-0.4, -0.2) is 51.9 Å². The number of nitrogens with zero attached hydrogens (tertiary/aromatic N) is 4. The first kappa shape index (κ1) is 15.5. The smallest absolute Gasteiger partial charge is 0.359 e. The molecule has 4 rings (SSSR count). The van der Waals surface area contributed by atoms with Gasteiger partial charge in [0.05, 0.1) is 50.5 Å². The van der Waals surface area contributed by atoms with Crippen LogP contribution in [0.4, 0.5) is 11.5 Å². The lowest BCUT2D eigenvalue weighted by molar-refractivity contribution is 0.272. The van der Waals surface area contributed by atoms with Crippen LogP contribution in [0.5, 0.6) is 0 Å². The third-order valence-corrected chi connectivity index (χ3v) is 6.12. The third-order valence-electron chi connectivity index (χ3n) is 4.70. The highest BCUT2D eigenvalue weighted by molar-refractivity contribution is 14.1. The van der Waals surface area contributed by atoms with Gasteiger partial charge in [-0.2, -0.15) is 4.98 Å². The van der Waals surface area contributed by atoms with Gasteiger partial charge >= 0.3 is 5.69 Å². The van der Waals surface area contributed by atoms with Crippen molar-refractivity contribution < 1.29 is 0 Å². The van der Waals surface area contributed by atoms with E-state index in [0.717, 1.165) is 54.2 Å². The Morgan fingerprint density at radius 1 is 1.43 bits per heavy atom. The molecule has 1 saturated heterocycles. The van der Waals surface area contributed by atoms with Crippen LogP contribution in [0.15, 0.2) is 10.9 Å². The van der Waals surface area contributed by atoms with Crippen molar-refractivity contribution in [3.05, 3.63) is 27.1 Å². The minimum atomic E-state index is -0.236. The van der Waals surface area contributed by atoms with Crippen molar-refractivity contribution in [2.45, 2.75) is 13.0 Å². The van der Waals surface area contributed by atoms with Crippen molar-refractivity contribution in [3.63, 3.8) is 0 Å². The average Bonchev–Trinajstić information content (AvgIpc) is 2.67. The summed E-state index contributed by atoms with van der Waals surface area (Å²) in [7, 11) is 2.12. The molecule has 2 aromatic rings. The molecule has 0 spiro atoms. The molecular weight excluding hydrogens is 429 g/mol. The van der Waals surface area contributed by atoms with E-state index in [-0.39, 0.29) is 11.7 Å². The fourth-order valence-electron chi connectivity index (χ4n) is 3.51. The molecule has 0 radical (unpaired) electrons. The lowest BCUT2D eigenvalue weighted by atomic mass is 10.1. The molecule has 2 aliphatic heterocycles. The van der Waals surface area contributed by atoms with Gasteiger partial charge in [-0.1, -0.05) is 11.6 Å². The Labute approximate surface area is 152 Å². The van der Waals surface area contributed by atoms with Gasteiger partial charge in [-0.25, -0.2) is 7.58 Å². The van der Waals surface area contributed by atoms with Gasteiger partial charge in [-0.05, 0) is 25.6 Å². The first-order valence-corrected chi connectivity index (χ1v) is 8.92. The molecule has 0 bridgehead atoms. The Balaban J connectivity index is 2.06. The lowest BCUT2D eigenvalue weighted by Gasteiger charge is -2.39. The zero-order valence-electron chi connectivity index (χ0n) is 12.9. The van der Waals surface area contributed by atoms with E-state index in [1.54, 1.807) is 2.78 Å². The molecule has 1 unspecified atom stereocenters. The Morgan fingerprint density at radius 3 is 3.00 bits per heavy atom. The van der Waals surface area contributed by atoms with Gasteiger partial charge in [-0.3, -0.25) is 0 Å². The number of hydrogen-bond acceptors (Lipinski definition) is 5. The SMILES string of the molecule is Cc1cc2c3c(nc(=O)n2I)N2CCN(C)CC2CNc3c1Cl. The van der Waals surface area contributed by atoms with Crippen LogP contribution in [0.1, 0.15) is 5.56 Å². The summed E-state index contributed by atoms with van der Waals surface area (Å²) in [5.41, 5.74) is 2.48. The largest absolute Gasteiger partial charge is 0.381 e. The molecule has 122 valence electrons. The standard InChI is InChI=1S/C15H17ClIN5O/c1-8-5-10-11-13(12(8)16)18-6-9-7-20(2)3-4-21(9)14(11)19-15(23)22(10)17/h5,9,18H,3-4,6-7H2,1-2H3. The van der Waals surface area contributed by atoms with E-state index < -0.39 is 0 Å². The average molecular weight is 446 g/mol. The first-order chi connectivity index (χ1) is 11.0. The van der Waals surface area contributed by atoms with E-state index in [9.17, 15) is 4.79 Å². The number of fused-ring (bicyclic) bond motifs is 2. The van der Waals surface area contributed by atoms with Gasteiger partial charge in [0.2, 0.25) is 0 Å². The van der Waals surface area contributed by atoms with Crippen molar-refractivity contribution in [3.8, 4) is 0 Å². The van der Waals surface area contributed by atoms with Crippen molar-refractivity contribution in [2.24, 2.45) is 0 Å². The van der Waals surface area contributed by atoms with Gasteiger partial charge in [0.15, 0.2) is 0 Å². The highest BCUT2D eigenvalue weighted by Crippen LogP contribution is 2.41. The zero-order chi connectivity index (χ0) is 16.3. The van der Waals surface area contributed by atoms with Crippen molar-refractivity contribution in [1.29, 1.82) is 0 Å². The number of piperazine rings is 1. The minimum Gasteiger partial charge on any atom is -0.381 e. The van der Waals surface area contributed by atoms with E-state index in [4.69, 9.17) is 11.6 Å². The summed E-state index contributed by atoms with van der Waals surface area (Å²) in [5.74, 6) is 0.762. The van der Waals surface area contributed by atoms with Crippen LogP contribution < -0.4 is 15.9 Å². The Kier molecular flexibility index (Phi) is 3.69. The number of benzene rings is 1. The van der Waals surface area contributed by atoms with E-state index in [2.05, 4.69) is 27.1 Å². The van der Waals surface area contributed by atoms with Gasteiger partial charge in [0.25, 0.3) is 0 Å². The maximum absolute atomic E-state index is 12.3. The van der Waals surface area contributed by atoms with E-state index in [0.29, 0.717) is 5.02 Å². The van der Waals surface area contributed by atoms with Gasteiger partial charge < -0.3 is 15.1 Å². The predicted molar refractivity (Wildman–Crippen MR) is 102 cm³/mol. The summed E-state index contributed by atoms with van der Waals surface area (Å²) in [4.78, 5) is 21.3. The summed E-state index contributed by atoms with van der Waals surface area (Å²) in [5, 5.41) is 5.16. The highest BCUT2D eigenvalue weighted by Gasteiger charge is 2.32. The lowest BCUT2D eigenvalue weighted by Crippen LogP contribution is -2.54. The summed E-state index contributed by atoms with van der Waals surface area (Å²) < 4.78 is 1.57. The molecule has 23 heavy (non-hydrogen) atoms. The van der Waals surface area contributed by atoms with Crippen molar-refractivity contribution in [2.75, 3.05) is 43.4 Å². The fraction of sp³-hybridized carbons (Fsp3) is 0.467. The number of halogens is 2. The summed E-state index contributed by atoms with van der Waals surface area (Å²) in [6.45, 7) is 5.51. The molecule has 8 heteroatoms. The number of nitrogens with one attached hydrogen (secondary N) is 1.